The van der Waals surface area contributed by atoms with Crippen molar-refractivity contribution in [2.75, 3.05) is 18.9 Å². The van der Waals surface area contributed by atoms with Gasteiger partial charge in [0.1, 0.15) is 0 Å². The lowest BCUT2D eigenvalue weighted by Crippen LogP contribution is -2.32. The smallest absolute Gasteiger partial charge is 0.253 e. The lowest BCUT2D eigenvalue weighted by molar-refractivity contribution is -0.00293. The van der Waals surface area contributed by atoms with Crippen LogP contribution in [0.5, 0.6) is 0 Å². The molecule has 1 saturated carbocycles. The van der Waals surface area contributed by atoms with Crippen molar-refractivity contribution in [1.82, 2.24) is 5.32 Å². The first-order valence-corrected chi connectivity index (χ1v) is 7.43. The van der Waals surface area contributed by atoms with E-state index in [2.05, 4.69) is 12.2 Å². The Balaban J connectivity index is 1.71. The molecule has 2 unspecified atom stereocenters. The molecule has 1 amide bonds. The van der Waals surface area contributed by atoms with Gasteiger partial charge in [-0.3, -0.25) is 4.79 Å². The van der Waals surface area contributed by atoms with Gasteiger partial charge in [-0.15, -0.1) is 0 Å². The van der Waals surface area contributed by atoms with E-state index < -0.39 is 0 Å². The van der Waals surface area contributed by atoms with Crippen LogP contribution >= 0.6 is 0 Å². The van der Waals surface area contributed by atoms with Crippen molar-refractivity contribution in [1.29, 1.82) is 0 Å². The summed E-state index contributed by atoms with van der Waals surface area (Å²) in [4.78, 5) is 11.9. The van der Waals surface area contributed by atoms with E-state index in [4.69, 9.17) is 10.5 Å². The van der Waals surface area contributed by atoms with Crippen LogP contribution in [0.25, 0.3) is 0 Å². The van der Waals surface area contributed by atoms with Gasteiger partial charge in [0.2, 0.25) is 0 Å². The highest BCUT2D eigenvalue weighted by molar-refractivity contribution is 5.99. The molecule has 0 radical (unpaired) electrons. The number of hydrogen-bond donors (Lipinski definition) is 2. The molecule has 2 rings (SSSR count). The molecular weight excluding hydrogens is 252 g/mol. The molecule has 3 N–H and O–H groups in total. The number of benzene rings is 1. The third kappa shape index (κ3) is 3.97. The first kappa shape index (κ1) is 14.9. The summed E-state index contributed by atoms with van der Waals surface area (Å²) in [7, 11) is 0. The predicted octanol–water partition coefficient (Wildman–Crippen LogP) is 2.59. The average molecular weight is 276 g/mol. The number of hydrogen-bond acceptors (Lipinski definition) is 3. The molecule has 0 aromatic heterocycles. The van der Waals surface area contributed by atoms with Crippen molar-refractivity contribution in [2.24, 2.45) is 5.92 Å². The van der Waals surface area contributed by atoms with E-state index in [9.17, 15) is 4.79 Å². The van der Waals surface area contributed by atoms with E-state index in [1.807, 2.05) is 12.1 Å². The maximum absolute atomic E-state index is 11.9. The molecular formula is C16H24N2O2. The lowest BCUT2D eigenvalue weighted by Gasteiger charge is -2.28. The minimum Gasteiger partial charge on any atom is -0.398 e. The predicted molar refractivity (Wildman–Crippen MR) is 80.6 cm³/mol. The zero-order chi connectivity index (χ0) is 14.4. The Morgan fingerprint density at radius 2 is 2.10 bits per heavy atom. The van der Waals surface area contributed by atoms with Crippen LogP contribution < -0.4 is 11.1 Å². The molecule has 20 heavy (non-hydrogen) atoms. The van der Waals surface area contributed by atoms with Gasteiger partial charge >= 0.3 is 0 Å². The number of para-hydroxylation sites is 1. The van der Waals surface area contributed by atoms with Crippen molar-refractivity contribution in [3.8, 4) is 0 Å². The normalized spacial score (nSPS) is 22.4. The first-order chi connectivity index (χ1) is 9.68. The minimum atomic E-state index is -0.136. The lowest BCUT2D eigenvalue weighted by atomic mass is 9.88. The minimum absolute atomic E-state index is 0.136. The number of nitrogens with two attached hydrogens (primary N) is 1. The number of anilines is 1. The van der Waals surface area contributed by atoms with E-state index in [0.29, 0.717) is 36.4 Å². The molecule has 0 bridgehead atoms. The molecule has 1 aromatic carbocycles. The second-order valence-corrected chi connectivity index (χ2v) is 5.51. The SMILES string of the molecule is CC1CCCCC1OCCNC(=O)c1ccccc1N. The number of amides is 1. The highest BCUT2D eigenvalue weighted by Crippen LogP contribution is 2.25. The fourth-order valence-corrected chi connectivity index (χ4v) is 2.70. The van der Waals surface area contributed by atoms with Gasteiger partial charge in [-0.05, 0) is 30.9 Å². The standard InChI is InChI=1S/C16H24N2O2/c1-12-6-2-5-9-15(12)20-11-10-18-16(19)13-7-3-4-8-14(13)17/h3-4,7-8,12,15H,2,5-6,9-11,17H2,1H3,(H,18,19). The Morgan fingerprint density at radius 3 is 2.85 bits per heavy atom. The molecule has 2 atom stereocenters. The Hall–Kier alpha value is -1.55. The van der Waals surface area contributed by atoms with Crippen LogP contribution in [-0.4, -0.2) is 25.2 Å². The van der Waals surface area contributed by atoms with Crippen LogP contribution in [0.4, 0.5) is 5.69 Å². The number of carbonyl (C=O) groups is 1. The molecule has 0 aliphatic heterocycles. The topological polar surface area (TPSA) is 64.3 Å². The van der Waals surface area contributed by atoms with Crippen molar-refractivity contribution >= 4 is 11.6 Å². The second-order valence-electron chi connectivity index (χ2n) is 5.51. The summed E-state index contributed by atoms with van der Waals surface area (Å²) in [5.41, 5.74) is 6.80. The van der Waals surface area contributed by atoms with E-state index in [1.54, 1.807) is 12.1 Å². The molecule has 1 aliphatic carbocycles. The molecule has 1 fully saturated rings. The van der Waals surface area contributed by atoms with Crippen LogP contribution in [0.1, 0.15) is 43.0 Å². The van der Waals surface area contributed by atoms with Crippen molar-refractivity contribution in [2.45, 2.75) is 38.7 Å². The average Bonchev–Trinajstić information content (AvgIpc) is 2.45. The molecule has 110 valence electrons. The van der Waals surface area contributed by atoms with E-state index >= 15 is 0 Å². The van der Waals surface area contributed by atoms with Gasteiger partial charge in [0.25, 0.3) is 5.91 Å². The maximum Gasteiger partial charge on any atom is 0.253 e. The Bertz CT molecular complexity index is 448. The Labute approximate surface area is 120 Å². The van der Waals surface area contributed by atoms with E-state index in [0.717, 1.165) is 6.42 Å². The van der Waals surface area contributed by atoms with Crippen molar-refractivity contribution < 1.29 is 9.53 Å². The maximum atomic E-state index is 11.9. The number of nitrogen functional groups attached to an aromatic ring is 1. The van der Waals surface area contributed by atoms with Crippen LogP contribution in [0, 0.1) is 5.92 Å². The molecule has 4 heteroatoms. The quantitative estimate of drug-likeness (QED) is 0.642. The monoisotopic (exact) mass is 276 g/mol. The highest BCUT2D eigenvalue weighted by Gasteiger charge is 2.21. The number of nitrogens with one attached hydrogen (secondary N) is 1. The fourth-order valence-electron chi connectivity index (χ4n) is 2.70. The van der Waals surface area contributed by atoms with Crippen LogP contribution in [0.3, 0.4) is 0 Å². The van der Waals surface area contributed by atoms with Gasteiger partial charge in [-0.1, -0.05) is 31.9 Å². The fraction of sp³-hybridized carbons (Fsp3) is 0.562. The Kier molecular flexibility index (Phi) is 5.41. The third-order valence-electron chi connectivity index (χ3n) is 3.96. The molecule has 0 heterocycles. The van der Waals surface area contributed by atoms with Gasteiger partial charge in [0, 0.05) is 12.2 Å². The molecule has 0 saturated heterocycles. The summed E-state index contributed by atoms with van der Waals surface area (Å²) in [6.07, 6.45) is 5.30. The summed E-state index contributed by atoms with van der Waals surface area (Å²) >= 11 is 0. The molecule has 1 aromatic rings. The van der Waals surface area contributed by atoms with Crippen LogP contribution in [-0.2, 0) is 4.74 Å². The zero-order valence-electron chi connectivity index (χ0n) is 12.1. The summed E-state index contributed by atoms with van der Waals surface area (Å²) in [5, 5.41) is 2.85. The van der Waals surface area contributed by atoms with Gasteiger partial charge in [-0.25, -0.2) is 0 Å². The van der Waals surface area contributed by atoms with Gasteiger partial charge < -0.3 is 15.8 Å². The number of carbonyl (C=O) groups excluding carboxylic acids is 1. The Morgan fingerprint density at radius 1 is 1.35 bits per heavy atom. The van der Waals surface area contributed by atoms with Gasteiger partial charge in [0.15, 0.2) is 0 Å². The van der Waals surface area contributed by atoms with Crippen LogP contribution in [0.2, 0.25) is 0 Å². The van der Waals surface area contributed by atoms with Gasteiger partial charge in [-0.2, -0.15) is 0 Å². The van der Waals surface area contributed by atoms with Crippen LogP contribution in [0.15, 0.2) is 24.3 Å². The summed E-state index contributed by atoms with van der Waals surface area (Å²) in [6, 6.07) is 7.09. The number of ether oxygens (including phenoxy) is 1. The zero-order valence-corrected chi connectivity index (χ0v) is 12.1. The van der Waals surface area contributed by atoms with Crippen molar-refractivity contribution in [3.63, 3.8) is 0 Å². The summed E-state index contributed by atoms with van der Waals surface area (Å²) in [6.45, 7) is 3.33. The molecule has 0 spiro atoms. The third-order valence-corrected chi connectivity index (χ3v) is 3.96. The highest BCUT2D eigenvalue weighted by atomic mass is 16.5. The van der Waals surface area contributed by atoms with Crippen molar-refractivity contribution in [3.05, 3.63) is 29.8 Å². The second kappa shape index (κ2) is 7.29. The van der Waals surface area contributed by atoms with E-state index in [1.165, 1.54) is 19.3 Å². The molecule has 4 nitrogen and oxygen atoms in total. The first-order valence-electron chi connectivity index (χ1n) is 7.43. The van der Waals surface area contributed by atoms with Gasteiger partial charge in [0.05, 0.1) is 18.3 Å². The van der Waals surface area contributed by atoms with E-state index in [-0.39, 0.29) is 5.91 Å². The summed E-state index contributed by atoms with van der Waals surface area (Å²) in [5.74, 6) is 0.493. The largest absolute Gasteiger partial charge is 0.398 e. The molecule has 1 aliphatic rings. The number of rotatable bonds is 5. The summed E-state index contributed by atoms with van der Waals surface area (Å²) < 4.78 is 5.87.